The smallest absolute Gasteiger partial charge is 0.226 e. The van der Waals surface area contributed by atoms with Crippen LogP contribution in [0.25, 0.3) is 0 Å². The summed E-state index contributed by atoms with van der Waals surface area (Å²) in [6.45, 7) is 3.57. The lowest BCUT2D eigenvalue weighted by Crippen LogP contribution is -2.24. The Morgan fingerprint density at radius 3 is 3.20 bits per heavy atom. The standard InChI is InChI=1S/C10H12ClN3O/c1-2-14-4-3-9(15)13-8-5-7(11)6-12-10(8)14/h5-6H,2-4H2,1H3,(H,13,15). The van der Waals surface area contributed by atoms with E-state index in [1.165, 1.54) is 0 Å². The normalized spacial score (nSPS) is 15.6. The molecule has 0 aliphatic carbocycles. The molecular weight excluding hydrogens is 214 g/mol. The van der Waals surface area contributed by atoms with E-state index in [2.05, 4.69) is 15.2 Å². The number of nitrogens with one attached hydrogen (secondary N) is 1. The third-order valence-electron chi connectivity index (χ3n) is 2.40. The number of halogens is 1. The molecule has 1 aromatic heterocycles. The quantitative estimate of drug-likeness (QED) is 0.794. The van der Waals surface area contributed by atoms with Crippen LogP contribution in [-0.4, -0.2) is 24.0 Å². The van der Waals surface area contributed by atoms with Crippen molar-refractivity contribution in [2.75, 3.05) is 23.3 Å². The van der Waals surface area contributed by atoms with Gasteiger partial charge in [0.15, 0.2) is 5.82 Å². The highest BCUT2D eigenvalue weighted by atomic mass is 35.5. The molecular formula is C10H12ClN3O. The van der Waals surface area contributed by atoms with Crippen molar-refractivity contribution in [2.24, 2.45) is 0 Å². The number of carbonyl (C=O) groups excluding carboxylic acids is 1. The summed E-state index contributed by atoms with van der Waals surface area (Å²) in [5.74, 6) is 0.809. The molecule has 0 saturated carbocycles. The Bertz CT molecular complexity index is 394. The molecule has 1 aromatic rings. The van der Waals surface area contributed by atoms with Gasteiger partial charge in [0.05, 0.1) is 10.7 Å². The summed E-state index contributed by atoms with van der Waals surface area (Å²) in [6.07, 6.45) is 2.09. The molecule has 15 heavy (non-hydrogen) atoms. The van der Waals surface area contributed by atoms with Crippen molar-refractivity contribution in [3.05, 3.63) is 17.3 Å². The summed E-state index contributed by atoms with van der Waals surface area (Å²) < 4.78 is 0. The van der Waals surface area contributed by atoms with Crippen molar-refractivity contribution in [2.45, 2.75) is 13.3 Å². The number of nitrogens with zero attached hydrogens (tertiary/aromatic N) is 2. The zero-order chi connectivity index (χ0) is 10.8. The molecule has 80 valence electrons. The first-order valence-corrected chi connectivity index (χ1v) is 5.29. The number of carbonyl (C=O) groups is 1. The van der Waals surface area contributed by atoms with E-state index in [-0.39, 0.29) is 5.91 Å². The van der Waals surface area contributed by atoms with E-state index in [1.807, 2.05) is 6.92 Å². The van der Waals surface area contributed by atoms with Crippen molar-refractivity contribution >= 4 is 29.0 Å². The van der Waals surface area contributed by atoms with Crippen LogP contribution in [0.4, 0.5) is 11.5 Å². The number of hydrogen-bond donors (Lipinski definition) is 1. The number of anilines is 2. The second-order valence-electron chi connectivity index (χ2n) is 3.40. The van der Waals surface area contributed by atoms with Gasteiger partial charge in [-0.3, -0.25) is 4.79 Å². The van der Waals surface area contributed by atoms with Crippen LogP contribution in [-0.2, 0) is 4.79 Å². The first kappa shape index (κ1) is 10.2. The largest absolute Gasteiger partial charge is 0.355 e. The summed E-state index contributed by atoms with van der Waals surface area (Å²) in [7, 11) is 0. The van der Waals surface area contributed by atoms with Gasteiger partial charge in [-0.05, 0) is 13.0 Å². The fourth-order valence-electron chi connectivity index (χ4n) is 1.64. The molecule has 0 fully saturated rings. The molecule has 0 radical (unpaired) electrons. The van der Waals surface area contributed by atoms with Gasteiger partial charge in [-0.2, -0.15) is 0 Å². The summed E-state index contributed by atoms with van der Waals surface area (Å²) in [6, 6.07) is 1.73. The van der Waals surface area contributed by atoms with Crippen molar-refractivity contribution in [3.8, 4) is 0 Å². The Kier molecular flexibility index (Phi) is 2.77. The van der Waals surface area contributed by atoms with Crippen molar-refractivity contribution < 1.29 is 4.79 Å². The number of rotatable bonds is 1. The second kappa shape index (κ2) is 4.06. The predicted molar refractivity (Wildman–Crippen MR) is 60.4 cm³/mol. The van der Waals surface area contributed by atoms with E-state index >= 15 is 0 Å². The van der Waals surface area contributed by atoms with Crippen molar-refractivity contribution in [1.82, 2.24) is 4.98 Å². The summed E-state index contributed by atoms with van der Waals surface area (Å²) in [5, 5.41) is 3.33. The van der Waals surface area contributed by atoms with Crippen molar-refractivity contribution in [1.29, 1.82) is 0 Å². The number of fused-ring (bicyclic) bond motifs is 1. The van der Waals surface area contributed by atoms with Gasteiger partial charge < -0.3 is 10.2 Å². The van der Waals surface area contributed by atoms with Crippen LogP contribution in [0.2, 0.25) is 5.02 Å². The van der Waals surface area contributed by atoms with E-state index in [0.717, 1.165) is 12.4 Å². The predicted octanol–water partition coefficient (Wildman–Crippen LogP) is 1.90. The zero-order valence-electron chi connectivity index (χ0n) is 8.46. The first-order valence-electron chi connectivity index (χ1n) is 4.91. The molecule has 0 aromatic carbocycles. The monoisotopic (exact) mass is 225 g/mol. The minimum Gasteiger partial charge on any atom is -0.355 e. The average Bonchev–Trinajstić information content (AvgIpc) is 2.35. The van der Waals surface area contributed by atoms with E-state index in [4.69, 9.17) is 11.6 Å². The van der Waals surface area contributed by atoms with Gasteiger partial charge in [0.25, 0.3) is 0 Å². The SMILES string of the molecule is CCN1CCC(=O)Nc2cc(Cl)cnc21. The Labute approximate surface area is 93.2 Å². The molecule has 0 spiro atoms. The second-order valence-corrected chi connectivity index (χ2v) is 3.84. The van der Waals surface area contributed by atoms with Crippen LogP contribution >= 0.6 is 11.6 Å². The molecule has 5 heteroatoms. The fraction of sp³-hybridized carbons (Fsp3) is 0.400. The Morgan fingerprint density at radius 2 is 2.47 bits per heavy atom. The van der Waals surface area contributed by atoms with Gasteiger partial charge in [-0.25, -0.2) is 4.98 Å². The molecule has 0 unspecified atom stereocenters. The molecule has 1 aliphatic heterocycles. The summed E-state index contributed by atoms with van der Waals surface area (Å²) in [4.78, 5) is 17.7. The summed E-state index contributed by atoms with van der Waals surface area (Å²) >= 11 is 5.84. The maximum Gasteiger partial charge on any atom is 0.226 e. The first-order chi connectivity index (χ1) is 7.20. The van der Waals surface area contributed by atoms with Gasteiger partial charge in [-0.15, -0.1) is 0 Å². The van der Waals surface area contributed by atoms with Crippen LogP contribution in [0.5, 0.6) is 0 Å². The third kappa shape index (κ3) is 2.04. The maximum absolute atomic E-state index is 11.4. The maximum atomic E-state index is 11.4. The van der Waals surface area contributed by atoms with E-state index < -0.39 is 0 Å². The van der Waals surface area contributed by atoms with Gasteiger partial charge in [-0.1, -0.05) is 11.6 Å². The Hall–Kier alpha value is -1.29. The molecule has 1 amide bonds. The molecule has 4 nitrogen and oxygen atoms in total. The van der Waals surface area contributed by atoms with Crippen LogP contribution in [0, 0.1) is 0 Å². The highest BCUT2D eigenvalue weighted by molar-refractivity contribution is 6.30. The number of pyridine rings is 1. The number of aromatic nitrogens is 1. The van der Waals surface area contributed by atoms with Crippen molar-refractivity contribution in [3.63, 3.8) is 0 Å². The zero-order valence-corrected chi connectivity index (χ0v) is 9.21. The minimum absolute atomic E-state index is 0.0104. The number of amides is 1. The van der Waals surface area contributed by atoms with Crippen LogP contribution in [0.1, 0.15) is 13.3 Å². The molecule has 2 rings (SSSR count). The van der Waals surface area contributed by atoms with Gasteiger partial charge in [0.1, 0.15) is 0 Å². The van der Waals surface area contributed by atoms with Crippen LogP contribution in [0.3, 0.4) is 0 Å². The molecule has 0 atom stereocenters. The molecule has 1 N–H and O–H groups in total. The fourth-order valence-corrected chi connectivity index (χ4v) is 1.80. The Balaban J connectivity index is 2.44. The van der Waals surface area contributed by atoms with Gasteiger partial charge >= 0.3 is 0 Å². The van der Waals surface area contributed by atoms with E-state index in [9.17, 15) is 4.79 Å². The molecule has 2 heterocycles. The minimum atomic E-state index is 0.0104. The number of hydrogen-bond acceptors (Lipinski definition) is 3. The average molecular weight is 226 g/mol. The van der Waals surface area contributed by atoms with E-state index in [0.29, 0.717) is 23.7 Å². The summed E-state index contributed by atoms with van der Waals surface area (Å²) in [5.41, 5.74) is 0.701. The highest BCUT2D eigenvalue weighted by Gasteiger charge is 2.19. The molecule has 1 aliphatic rings. The molecule has 0 saturated heterocycles. The lowest BCUT2D eigenvalue weighted by Gasteiger charge is -2.20. The van der Waals surface area contributed by atoms with Gasteiger partial charge in [0, 0.05) is 25.7 Å². The lowest BCUT2D eigenvalue weighted by molar-refractivity contribution is -0.115. The van der Waals surface area contributed by atoms with Crippen LogP contribution in [0.15, 0.2) is 12.3 Å². The highest BCUT2D eigenvalue weighted by Crippen LogP contribution is 2.28. The third-order valence-corrected chi connectivity index (χ3v) is 2.60. The molecule has 0 bridgehead atoms. The Morgan fingerprint density at radius 1 is 1.67 bits per heavy atom. The topological polar surface area (TPSA) is 45.2 Å². The van der Waals surface area contributed by atoms with Gasteiger partial charge in [0.2, 0.25) is 5.91 Å². The van der Waals surface area contributed by atoms with Crippen LogP contribution < -0.4 is 10.2 Å². The lowest BCUT2D eigenvalue weighted by atomic mass is 10.3. The van der Waals surface area contributed by atoms with E-state index in [1.54, 1.807) is 12.3 Å².